The predicted molar refractivity (Wildman–Crippen MR) is 88.2 cm³/mol. The summed E-state index contributed by atoms with van der Waals surface area (Å²) in [5, 5.41) is 0.616. The highest BCUT2D eigenvalue weighted by Crippen LogP contribution is 2.64. The van der Waals surface area contributed by atoms with Crippen molar-refractivity contribution in [3.63, 3.8) is 0 Å². The van der Waals surface area contributed by atoms with Crippen LogP contribution in [0.15, 0.2) is 0 Å². The molecule has 0 spiro atoms. The van der Waals surface area contributed by atoms with Crippen molar-refractivity contribution in [3.8, 4) is 0 Å². The van der Waals surface area contributed by atoms with Gasteiger partial charge < -0.3 is 4.43 Å². The summed E-state index contributed by atoms with van der Waals surface area (Å²) in [7, 11) is -1.83. The van der Waals surface area contributed by atoms with Crippen LogP contribution in [-0.2, 0) is 4.43 Å². The largest absolute Gasteiger partial charge is 0.413 e. The Labute approximate surface area is 122 Å². The molecule has 0 N–H and O–H groups in total. The molecule has 0 amide bonds. The summed E-state index contributed by atoms with van der Waals surface area (Å²) in [6, 6.07) is 0. The summed E-state index contributed by atoms with van der Waals surface area (Å²) in [4.78, 5) is 0. The maximum absolute atomic E-state index is 6.93. The van der Waals surface area contributed by atoms with E-state index < -0.39 is 8.32 Å². The topological polar surface area (TPSA) is 9.23 Å². The van der Waals surface area contributed by atoms with E-state index in [1.165, 1.54) is 19.3 Å². The van der Waals surface area contributed by atoms with Crippen molar-refractivity contribution in [2.75, 3.05) is 0 Å². The molecule has 0 aliphatic carbocycles. The monoisotopic (exact) mass is 284 g/mol. The Kier molecular flexibility index (Phi) is 5.00. The van der Waals surface area contributed by atoms with Crippen LogP contribution in [0.25, 0.3) is 0 Å². The molecule has 1 unspecified atom stereocenters. The molecule has 2 heteroatoms. The Hall–Kier alpha value is 0.177. The Bertz CT molecular complexity index is 281. The summed E-state index contributed by atoms with van der Waals surface area (Å²) >= 11 is 0. The summed E-state index contributed by atoms with van der Waals surface area (Å²) < 4.78 is 6.93. The van der Waals surface area contributed by atoms with Crippen LogP contribution in [0, 0.1) is 5.92 Å². The van der Waals surface area contributed by atoms with Crippen molar-refractivity contribution in [2.24, 2.45) is 5.92 Å². The van der Waals surface area contributed by atoms with Gasteiger partial charge in [-0.25, -0.2) is 0 Å². The van der Waals surface area contributed by atoms with Crippen LogP contribution < -0.4 is 0 Å². The average molecular weight is 285 g/mol. The Morgan fingerprint density at radius 1 is 1.05 bits per heavy atom. The molecule has 1 heterocycles. The summed E-state index contributed by atoms with van der Waals surface area (Å²) in [6.45, 7) is 21.6. The SMILES string of the molecule is CCCC1C[C@@H](C(C)C)[Si](C(C)(C)C)(C(C)(C)C)O1. The molecule has 0 aromatic rings. The lowest BCUT2D eigenvalue weighted by molar-refractivity contribution is 0.187. The van der Waals surface area contributed by atoms with E-state index in [1.54, 1.807) is 0 Å². The van der Waals surface area contributed by atoms with Crippen molar-refractivity contribution in [2.45, 2.75) is 103 Å². The predicted octanol–water partition coefficient (Wildman–Crippen LogP) is 6.15. The molecule has 0 aromatic heterocycles. The molecule has 114 valence electrons. The minimum Gasteiger partial charge on any atom is -0.413 e. The van der Waals surface area contributed by atoms with Gasteiger partial charge in [0.1, 0.15) is 0 Å². The first-order valence-corrected chi connectivity index (χ1v) is 10.1. The van der Waals surface area contributed by atoms with Crippen molar-refractivity contribution in [3.05, 3.63) is 0 Å². The molecular formula is C17H36OSi. The minimum absolute atomic E-state index is 0.308. The van der Waals surface area contributed by atoms with Crippen LogP contribution in [-0.4, -0.2) is 14.4 Å². The molecule has 1 aliphatic heterocycles. The van der Waals surface area contributed by atoms with E-state index in [9.17, 15) is 0 Å². The van der Waals surface area contributed by atoms with Crippen LogP contribution in [0.2, 0.25) is 15.6 Å². The van der Waals surface area contributed by atoms with E-state index in [0.717, 1.165) is 11.5 Å². The maximum Gasteiger partial charge on any atom is 0.207 e. The smallest absolute Gasteiger partial charge is 0.207 e. The fraction of sp³-hybridized carbons (Fsp3) is 1.00. The average Bonchev–Trinajstić information content (AvgIpc) is 2.57. The van der Waals surface area contributed by atoms with Gasteiger partial charge in [0.15, 0.2) is 0 Å². The molecule has 0 bridgehead atoms. The van der Waals surface area contributed by atoms with E-state index >= 15 is 0 Å². The van der Waals surface area contributed by atoms with Crippen molar-refractivity contribution >= 4 is 8.32 Å². The van der Waals surface area contributed by atoms with Crippen LogP contribution in [0.3, 0.4) is 0 Å². The fourth-order valence-corrected chi connectivity index (χ4v) is 12.3. The van der Waals surface area contributed by atoms with Gasteiger partial charge in [-0.2, -0.15) is 0 Å². The third kappa shape index (κ3) is 2.95. The molecule has 19 heavy (non-hydrogen) atoms. The van der Waals surface area contributed by atoms with Gasteiger partial charge in [0, 0.05) is 6.10 Å². The Balaban J connectivity index is 3.26. The van der Waals surface area contributed by atoms with Crippen molar-refractivity contribution in [1.29, 1.82) is 0 Å². The first kappa shape index (κ1) is 17.2. The number of hydrogen-bond donors (Lipinski definition) is 0. The van der Waals surface area contributed by atoms with Gasteiger partial charge in [-0.1, -0.05) is 68.7 Å². The fourth-order valence-electron chi connectivity index (χ4n) is 4.68. The van der Waals surface area contributed by atoms with Gasteiger partial charge in [-0.05, 0) is 34.4 Å². The lowest BCUT2D eigenvalue weighted by Crippen LogP contribution is -2.56. The van der Waals surface area contributed by atoms with E-state index in [0.29, 0.717) is 16.2 Å². The van der Waals surface area contributed by atoms with Gasteiger partial charge in [0.2, 0.25) is 8.32 Å². The molecule has 1 aliphatic rings. The summed E-state index contributed by atoms with van der Waals surface area (Å²) in [6.07, 6.45) is 4.30. The molecule has 2 atom stereocenters. The van der Waals surface area contributed by atoms with E-state index in [2.05, 4.69) is 62.3 Å². The lowest BCUT2D eigenvalue weighted by Gasteiger charge is -2.52. The third-order valence-corrected chi connectivity index (χ3v) is 12.1. The second kappa shape index (κ2) is 5.52. The van der Waals surface area contributed by atoms with Crippen LogP contribution in [0.1, 0.15) is 81.6 Å². The van der Waals surface area contributed by atoms with Crippen molar-refractivity contribution < 1.29 is 4.43 Å². The Morgan fingerprint density at radius 2 is 1.53 bits per heavy atom. The lowest BCUT2D eigenvalue weighted by atomic mass is 10.0. The molecule has 0 radical (unpaired) electrons. The second-order valence-electron chi connectivity index (χ2n) is 8.85. The highest BCUT2D eigenvalue weighted by molar-refractivity contribution is 6.81. The highest BCUT2D eigenvalue weighted by Gasteiger charge is 2.64. The Morgan fingerprint density at radius 3 is 1.79 bits per heavy atom. The zero-order valence-corrected chi connectivity index (χ0v) is 15.8. The van der Waals surface area contributed by atoms with Gasteiger partial charge in [0.25, 0.3) is 0 Å². The standard InChI is InChI=1S/C17H36OSi/c1-10-11-14-12-15(13(2)3)19(18-14,16(4,5)6)17(7,8)9/h13-15H,10-12H2,1-9H3/t14?,15-/m0/s1. The van der Waals surface area contributed by atoms with Crippen LogP contribution >= 0.6 is 0 Å². The molecule has 0 saturated carbocycles. The first-order chi connectivity index (χ1) is 8.47. The second-order valence-corrected chi connectivity index (χ2v) is 14.3. The van der Waals surface area contributed by atoms with E-state index in [-0.39, 0.29) is 0 Å². The molecular weight excluding hydrogens is 248 g/mol. The van der Waals surface area contributed by atoms with Crippen LogP contribution in [0.5, 0.6) is 0 Å². The van der Waals surface area contributed by atoms with E-state index in [1.807, 2.05) is 0 Å². The van der Waals surface area contributed by atoms with Gasteiger partial charge in [-0.3, -0.25) is 0 Å². The number of hydrogen-bond acceptors (Lipinski definition) is 1. The normalized spacial score (nSPS) is 28.1. The van der Waals surface area contributed by atoms with Gasteiger partial charge >= 0.3 is 0 Å². The molecule has 1 nitrogen and oxygen atoms in total. The maximum atomic E-state index is 6.93. The zero-order valence-electron chi connectivity index (χ0n) is 14.8. The van der Waals surface area contributed by atoms with Crippen LogP contribution in [0.4, 0.5) is 0 Å². The van der Waals surface area contributed by atoms with Crippen molar-refractivity contribution in [1.82, 2.24) is 0 Å². The van der Waals surface area contributed by atoms with Gasteiger partial charge in [-0.15, -0.1) is 0 Å². The summed E-state index contributed by atoms with van der Waals surface area (Å²) in [5.41, 5.74) is 0.795. The quantitative estimate of drug-likeness (QED) is 0.565. The molecule has 0 aromatic carbocycles. The first-order valence-electron chi connectivity index (χ1n) is 8.15. The molecule has 1 saturated heterocycles. The third-order valence-electron chi connectivity index (χ3n) is 5.04. The number of rotatable bonds is 3. The minimum atomic E-state index is -1.83. The molecule has 1 fully saturated rings. The highest BCUT2D eigenvalue weighted by atomic mass is 28.4. The van der Waals surface area contributed by atoms with E-state index in [4.69, 9.17) is 4.43 Å². The molecule has 1 rings (SSSR count). The van der Waals surface area contributed by atoms with Gasteiger partial charge in [0.05, 0.1) is 0 Å². The zero-order chi connectivity index (χ0) is 15.1. The summed E-state index contributed by atoms with van der Waals surface area (Å²) in [5.74, 6) is 0.743.